The fourth-order valence-corrected chi connectivity index (χ4v) is 6.59. The number of rotatable bonds is 3. The Morgan fingerprint density at radius 3 is 2.70 bits per heavy atom. The molecule has 0 amide bonds. The van der Waals surface area contributed by atoms with Crippen molar-refractivity contribution in [2.75, 3.05) is 18.8 Å². The van der Waals surface area contributed by atoms with Gasteiger partial charge in [-0.05, 0) is 37.2 Å². The lowest BCUT2D eigenvalue weighted by atomic mass is 9.53. The molecule has 3 heterocycles. The normalized spacial score (nSPS) is 29.3. The highest BCUT2D eigenvalue weighted by molar-refractivity contribution is 7.89. The van der Waals surface area contributed by atoms with Gasteiger partial charge in [0.15, 0.2) is 0 Å². The van der Waals surface area contributed by atoms with E-state index in [0.717, 1.165) is 25.0 Å². The van der Waals surface area contributed by atoms with Gasteiger partial charge >= 0.3 is 0 Å². The van der Waals surface area contributed by atoms with Crippen molar-refractivity contribution in [2.45, 2.75) is 38.3 Å². The van der Waals surface area contributed by atoms with E-state index < -0.39 is 16.1 Å². The quantitative estimate of drug-likeness (QED) is 0.877. The average Bonchev–Trinajstić information content (AvgIpc) is 3.27. The third-order valence-corrected chi connectivity index (χ3v) is 8.96. The number of sulfonamides is 1. The number of piperidine rings is 1. The first-order chi connectivity index (χ1) is 13.0. The Kier molecular flexibility index (Phi) is 3.80. The average molecular weight is 388 g/mol. The molecule has 1 spiro atoms. The molecule has 1 aliphatic carbocycles. The third kappa shape index (κ3) is 2.38. The minimum atomic E-state index is -3.14. The van der Waals surface area contributed by atoms with E-state index in [0.29, 0.717) is 13.1 Å². The van der Waals surface area contributed by atoms with Gasteiger partial charge in [-0.25, -0.2) is 17.7 Å². The van der Waals surface area contributed by atoms with Gasteiger partial charge in [0.1, 0.15) is 0 Å². The Hall–Kier alpha value is -1.70. The summed E-state index contributed by atoms with van der Waals surface area (Å²) in [6, 6.07) is 8.50. The van der Waals surface area contributed by atoms with Crippen LogP contribution < -0.4 is 0 Å². The van der Waals surface area contributed by atoms with E-state index in [2.05, 4.69) is 27.8 Å². The van der Waals surface area contributed by atoms with Gasteiger partial charge in [-0.2, -0.15) is 0 Å². The summed E-state index contributed by atoms with van der Waals surface area (Å²) in [4.78, 5) is 4.32. The van der Waals surface area contributed by atoms with Crippen molar-refractivity contribution >= 4 is 10.0 Å². The standard InChI is InChI=1S/C20H25N3O3S/c1-2-27(25,26)22-9-7-20(8-10-22)11-16(19(20)24)18-15-6-4-3-5-14(15)17-12-21-13-23(17)18/h3-6,12-13,16,18-19,24H,2,7-11H2,1H3/t16-,18+,19-/m0/s1. The lowest BCUT2D eigenvalue weighted by molar-refractivity contribution is -0.152. The van der Waals surface area contributed by atoms with Gasteiger partial charge in [-0.3, -0.25) is 0 Å². The molecule has 2 fully saturated rings. The molecule has 2 aliphatic heterocycles. The molecule has 3 aliphatic rings. The minimum absolute atomic E-state index is 0.122. The van der Waals surface area contributed by atoms with Gasteiger partial charge in [0.05, 0.1) is 36.1 Å². The zero-order valence-corrected chi connectivity index (χ0v) is 16.3. The molecule has 1 aromatic carbocycles. The summed E-state index contributed by atoms with van der Waals surface area (Å²) >= 11 is 0. The smallest absolute Gasteiger partial charge is 0.213 e. The number of aliphatic hydroxyl groups is 1. The summed E-state index contributed by atoms with van der Waals surface area (Å²) in [6.07, 6.45) is 5.78. The zero-order chi connectivity index (χ0) is 18.8. The van der Waals surface area contributed by atoms with E-state index in [-0.39, 0.29) is 23.1 Å². The van der Waals surface area contributed by atoms with E-state index >= 15 is 0 Å². The highest BCUT2D eigenvalue weighted by atomic mass is 32.2. The fourth-order valence-electron chi connectivity index (χ4n) is 5.48. The summed E-state index contributed by atoms with van der Waals surface area (Å²) in [6.45, 7) is 2.74. The van der Waals surface area contributed by atoms with Crippen molar-refractivity contribution in [3.63, 3.8) is 0 Å². The predicted molar refractivity (Wildman–Crippen MR) is 103 cm³/mol. The van der Waals surface area contributed by atoms with E-state index in [1.54, 1.807) is 11.2 Å². The van der Waals surface area contributed by atoms with Gasteiger partial charge < -0.3 is 9.67 Å². The van der Waals surface area contributed by atoms with Crippen LogP contribution in [0, 0.1) is 11.3 Å². The summed E-state index contributed by atoms with van der Waals surface area (Å²) in [7, 11) is -3.14. The summed E-state index contributed by atoms with van der Waals surface area (Å²) in [5, 5.41) is 11.2. The van der Waals surface area contributed by atoms with Gasteiger partial charge in [-0.1, -0.05) is 24.3 Å². The lowest BCUT2D eigenvalue weighted by Gasteiger charge is -2.57. The maximum Gasteiger partial charge on any atom is 0.213 e. The molecule has 1 saturated carbocycles. The van der Waals surface area contributed by atoms with E-state index in [1.165, 1.54) is 11.1 Å². The maximum atomic E-state index is 12.1. The molecule has 27 heavy (non-hydrogen) atoms. The second-order valence-corrected chi connectivity index (χ2v) is 10.5. The van der Waals surface area contributed by atoms with Crippen LogP contribution in [0.5, 0.6) is 0 Å². The zero-order valence-electron chi connectivity index (χ0n) is 15.5. The van der Waals surface area contributed by atoms with Crippen LogP contribution in [0.25, 0.3) is 11.3 Å². The van der Waals surface area contributed by atoms with Crippen LogP contribution >= 0.6 is 0 Å². The largest absolute Gasteiger partial charge is 0.392 e. The molecule has 144 valence electrons. The summed E-state index contributed by atoms with van der Waals surface area (Å²) in [5.74, 6) is 0.295. The highest BCUT2D eigenvalue weighted by Crippen LogP contribution is 2.59. The molecule has 2 aromatic rings. The molecule has 0 radical (unpaired) electrons. The first kappa shape index (κ1) is 17.4. The Morgan fingerprint density at radius 1 is 1.26 bits per heavy atom. The monoisotopic (exact) mass is 387 g/mol. The van der Waals surface area contributed by atoms with Crippen molar-refractivity contribution in [3.8, 4) is 11.3 Å². The lowest BCUT2D eigenvalue weighted by Crippen LogP contribution is -2.59. The SMILES string of the molecule is CCS(=O)(=O)N1CCC2(CC1)C[C@@H]([C@H]1c3ccccc3-c3cncn31)[C@@H]2O. The van der Waals surface area contributed by atoms with Crippen LogP contribution in [-0.4, -0.2) is 52.3 Å². The maximum absolute atomic E-state index is 12.1. The molecule has 6 nitrogen and oxygen atoms in total. The van der Waals surface area contributed by atoms with E-state index in [1.807, 2.05) is 18.6 Å². The van der Waals surface area contributed by atoms with Gasteiger partial charge in [0, 0.05) is 24.6 Å². The van der Waals surface area contributed by atoms with E-state index in [4.69, 9.17) is 0 Å². The molecular weight excluding hydrogens is 362 g/mol. The van der Waals surface area contributed by atoms with Crippen molar-refractivity contribution in [2.24, 2.45) is 11.3 Å². The van der Waals surface area contributed by atoms with Gasteiger partial charge in [0.25, 0.3) is 0 Å². The Morgan fingerprint density at radius 2 is 2.00 bits per heavy atom. The van der Waals surface area contributed by atoms with Crippen LogP contribution in [0.1, 0.15) is 37.8 Å². The van der Waals surface area contributed by atoms with Crippen LogP contribution in [0.3, 0.4) is 0 Å². The number of aliphatic hydroxyl groups excluding tert-OH is 1. The highest BCUT2D eigenvalue weighted by Gasteiger charge is 2.58. The number of imidazole rings is 1. The molecular formula is C20H25N3O3S. The second-order valence-electron chi connectivity index (χ2n) is 8.19. The first-order valence-electron chi connectivity index (χ1n) is 9.74. The first-order valence-corrected chi connectivity index (χ1v) is 11.3. The van der Waals surface area contributed by atoms with Crippen LogP contribution in [0.2, 0.25) is 0 Å². The molecule has 1 N–H and O–H groups in total. The number of aromatic nitrogens is 2. The number of fused-ring (bicyclic) bond motifs is 3. The summed E-state index contributed by atoms with van der Waals surface area (Å²) < 4.78 is 28.0. The van der Waals surface area contributed by atoms with E-state index in [9.17, 15) is 13.5 Å². The molecule has 0 unspecified atom stereocenters. The van der Waals surface area contributed by atoms with Gasteiger partial charge in [0.2, 0.25) is 10.0 Å². The Labute approximate surface area is 159 Å². The molecule has 3 atom stereocenters. The molecule has 1 saturated heterocycles. The number of hydrogen-bond donors (Lipinski definition) is 1. The van der Waals surface area contributed by atoms with Gasteiger partial charge in [-0.15, -0.1) is 0 Å². The van der Waals surface area contributed by atoms with Crippen LogP contribution in [0.15, 0.2) is 36.8 Å². The molecule has 1 aromatic heterocycles. The van der Waals surface area contributed by atoms with Crippen LogP contribution in [0.4, 0.5) is 0 Å². The van der Waals surface area contributed by atoms with Crippen molar-refractivity contribution in [1.82, 2.24) is 13.9 Å². The molecule has 7 heteroatoms. The Bertz CT molecular complexity index is 976. The van der Waals surface area contributed by atoms with Crippen molar-refractivity contribution in [3.05, 3.63) is 42.4 Å². The van der Waals surface area contributed by atoms with Crippen molar-refractivity contribution < 1.29 is 13.5 Å². The topological polar surface area (TPSA) is 75.4 Å². The summed E-state index contributed by atoms with van der Waals surface area (Å²) in [5.41, 5.74) is 3.45. The minimum Gasteiger partial charge on any atom is -0.392 e. The van der Waals surface area contributed by atoms with Crippen molar-refractivity contribution in [1.29, 1.82) is 0 Å². The fraction of sp³-hybridized carbons (Fsp3) is 0.550. The Balaban J connectivity index is 1.37. The van der Waals surface area contributed by atoms with Crippen LogP contribution in [-0.2, 0) is 10.0 Å². The number of nitrogens with zero attached hydrogens (tertiary/aromatic N) is 3. The third-order valence-electron chi connectivity index (χ3n) is 7.08. The molecule has 0 bridgehead atoms. The number of benzene rings is 1. The molecule has 5 rings (SSSR count). The number of hydrogen-bond acceptors (Lipinski definition) is 4. The predicted octanol–water partition coefficient (Wildman–Crippen LogP) is 2.27. The second kappa shape index (κ2) is 5.90.